The van der Waals surface area contributed by atoms with Crippen molar-refractivity contribution in [2.24, 2.45) is 0 Å². The van der Waals surface area contributed by atoms with Crippen LogP contribution >= 0.6 is 17.2 Å². The first-order valence-electron chi connectivity index (χ1n) is 9.52. The molecule has 0 aromatic rings. The van der Waals surface area contributed by atoms with Crippen molar-refractivity contribution in [3.8, 4) is 0 Å². The molecule has 0 aliphatic heterocycles. The van der Waals surface area contributed by atoms with Crippen LogP contribution in [-0.2, 0) is 23.8 Å². The third kappa shape index (κ3) is 8.75. The molecule has 0 saturated heterocycles. The van der Waals surface area contributed by atoms with E-state index in [1.165, 1.54) is 0 Å². The van der Waals surface area contributed by atoms with E-state index in [2.05, 4.69) is 25.8 Å². The average molecular weight is 413 g/mol. The molecule has 0 aliphatic rings. The lowest BCUT2D eigenvalue weighted by Gasteiger charge is -2.33. The maximum Gasteiger partial charge on any atom is 0.182 e. The second kappa shape index (κ2) is 14.6. The minimum atomic E-state index is -0.458. The number of rotatable bonds is 17. The minimum Gasteiger partial charge on any atom is -0.350 e. The molecular weight excluding hydrogens is 372 g/mol. The van der Waals surface area contributed by atoms with Gasteiger partial charge in [0, 0.05) is 53.9 Å². The molecule has 0 spiro atoms. The van der Waals surface area contributed by atoms with E-state index in [1.54, 1.807) is 28.4 Å². The molecule has 0 amide bonds. The monoisotopic (exact) mass is 413 g/mol. The van der Waals surface area contributed by atoms with Crippen LogP contribution in [-0.4, -0.2) is 76.1 Å². The molecule has 0 fully saturated rings. The van der Waals surface area contributed by atoms with Crippen molar-refractivity contribution >= 4 is 17.2 Å². The lowest BCUT2D eigenvalue weighted by Crippen LogP contribution is -2.37. The first kappa shape index (κ1) is 26.6. The highest BCUT2D eigenvalue weighted by Crippen LogP contribution is 2.38. The summed E-state index contributed by atoms with van der Waals surface area (Å²) < 4.78 is 22.3. The third-order valence-electron chi connectivity index (χ3n) is 4.72. The summed E-state index contributed by atoms with van der Waals surface area (Å²) in [6, 6.07) is 0.344. The van der Waals surface area contributed by atoms with Gasteiger partial charge >= 0.3 is 0 Å². The van der Waals surface area contributed by atoms with Crippen LogP contribution in [0.4, 0.5) is 0 Å². The van der Waals surface area contributed by atoms with Gasteiger partial charge in [0.1, 0.15) is 0 Å². The predicted octanol–water partition coefficient (Wildman–Crippen LogP) is 4.09. The largest absolute Gasteiger partial charge is 0.350 e. The van der Waals surface area contributed by atoms with Gasteiger partial charge in [0.05, 0.1) is 6.61 Å². The maximum atomic E-state index is 5.88. The van der Waals surface area contributed by atoms with Gasteiger partial charge in [-0.25, -0.2) is 0 Å². The van der Waals surface area contributed by atoms with Crippen LogP contribution in [0, 0.1) is 0 Å². The summed E-state index contributed by atoms with van der Waals surface area (Å²) >= 11 is 0. The second-order valence-corrected chi connectivity index (χ2v) is 9.31. The fourth-order valence-electron chi connectivity index (χ4n) is 2.83. The first-order valence-corrected chi connectivity index (χ1v) is 11.9. The fourth-order valence-corrected chi connectivity index (χ4v) is 5.57. The summed E-state index contributed by atoms with van der Waals surface area (Å²) in [5.74, 6) is 0. The van der Waals surface area contributed by atoms with Gasteiger partial charge in [-0.1, -0.05) is 31.0 Å². The highest BCUT2D eigenvalue weighted by atomic mass is 31.1. The number of methoxy groups -OCH3 is 4. The molecule has 0 aromatic carbocycles. The zero-order valence-corrected chi connectivity index (χ0v) is 20.0. The van der Waals surface area contributed by atoms with Crippen molar-refractivity contribution in [1.82, 2.24) is 5.06 Å². The van der Waals surface area contributed by atoms with Gasteiger partial charge in [-0.05, 0) is 32.6 Å². The zero-order valence-electron chi connectivity index (χ0n) is 18.0. The van der Waals surface area contributed by atoms with Crippen LogP contribution in [0.5, 0.6) is 0 Å². The van der Waals surface area contributed by atoms with Crippen LogP contribution < -0.4 is 0 Å². The Morgan fingerprint density at radius 2 is 1.27 bits per heavy atom. The van der Waals surface area contributed by atoms with Crippen molar-refractivity contribution < 1.29 is 23.8 Å². The van der Waals surface area contributed by atoms with E-state index < -0.39 is 11.1 Å². The van der Waals surface area contributed by atoms with Crippen LogP contribution in [0.3, 0.4) is 0 Å². The van der Waals surface area contributed by atoms with E-state index in [1.807, 2.05) is 6.92 Å². The van der Waals surface area contributed by atoms with Crippen LogP contribution in [0.2, 0.25) is 0 Å². The highest BCUT2D eigenvalue weighted by Gasteiger charge is 2.29. The third-order valence-corrected chi connectivity index (χ3v) is 8.33. The number of hydroxylamine groups is 2. The van der Waals surface area contributed by atoms with Crippen LogP contribution in [0.25, 0.3) is 0 Å². The fraction of sp³-hybridized carbons (Fsp3) is 1.00. The summed E-state index contributed by atoms with van der Waals surface area (Å²) in [6.07, 6.45) is 4.78. The van der Waals surface area contributed by atoms with Gasteiger partial charge in [-0.2, -0.15) is 5.06 Å². The van der Waals surface area contributed by atoms with Gasteiger partial charge in [0.25, 0.3) is 0 Å². The Labute approximate surface area is 164 Å². The van der Waals surface area contributed by atoms with Crippen LogP contribution in [0.15, 0.2) is 0 Å². The molecule has 0 aromatic heterocycles. The number of hydrogen-bond donors (Lipinski definition) is 0. The molecule has 0 radical (unpaired) electrons. The minimum absolute atomic E-state index is 0.344. The molecule has 26 heavy (non-hydrogen) atoms. The maximum absolute atomic E-state index is 5.88. The molecule has 3 atom stereocenters. The standard InChI is InChI=1S/C18H41NO5P2/c1-9-17(20-5,21-6)25-14-12-16(4)19(24-11-3)13-15-26-18(10-2,22-7)23-8/h16,25-26H,9-15H2,1-8H3. The summed E-state index contributed by atoms with van der Waals surface area (Å²) in [4.78, 5) is 5.88. The smallest absolute Gasteiger partial charge is 0.182 e. The summed E-state index contributed by atoms with van der Waals surface area (Å²) in [5.41, 5.74) is -0.893. The molecule has 0 aliphatic carbocycles. The van der Waals surface area contributed by atoms with Gasteiger partial charge in [-0.15, -0.1) is 0 Å². The van der Waals surface area contributed by atoms with Crippen LogP contribution in [0.1, 0.15) is 47.0 Å². The topological polar surface area (TPSA) is 49.4 Å². The first-order chi connectivity index (χ1) is 12.4. The molecular formula is C18H41NO5P2. The Hall–Kier alpha value is 0.620. The molecule has 0 saturated carbocycles. The van der Waals surface area contributed by atoms with Crippen molar-refractivity contribution in [1.29, 1.82) is 0 Å². The SMILES string of the molecule is CCON(CCPC(CC)(OC)OC)C(C)CCPC(CC)(OC)OC. The summed E-state index contributed by atoms with van der Waals surface area (Å²) in [5, 5.41) is 2.11. The summed E-state index contributed by atoms with van der Waals surface area (Å²) in [6.45, 7) is 9.99. The number of hydrogen-bond acceptors (Lipinski definition) is 6. The summed E-state index contributed by atoms with van der Waals surface area (Å²) in [7, 11) is 8.07. The second-order valence-electron chi connectivity index (χ2n) is 6.08. The Morgan fingerprint density at radius 1 is 0.808 bits per heavy atom. The highest BCUT2D eigenvalue weighted by molar-refractivity contribution is 7.39. The van der Waals surface area contributed by atoms with Crippen molar-refractivity contribution in [3.05, 3.63) is 0 Å². The Kier molecular flexibility index (Phi) is 14.9. The van der Waals surface area contributed by atoms with E-state index in [0.717, 1.165) is 38.1 Å². The van der Waals surface area contributed by atoms with Crippen molar-refractivity contribution in [3.63, 3.8) is 0 Å². The molecule has 0 heterocycles. The van der Waals surface area contributed by atoms with E-state index in [0.29, 0.717) is 29.8 Å². The molecule has 6 nitrogen and oxygen atoms in total. The van der Waals surface area contributed by atoms with Gasteiger partial charge in [0.15, 0.2) is 11.1 Å². The quantitative estimate of drug-likeness (QED) is 0.203. The Balaban J connectivity index is 4.50. The number of nitrogens with zero attached hydrogens (tertiary/aromatic N) is 1. The van der Waals surface area contributed by atoms with Crippen molar-refractivity contribution in [2.45, 2.75) is 64.1 Å². The van der Waals surface area contributed by atoms with E-state index in [-0.39, 0.29) is 0 Å². The molecule has 3 unspecified atom stereocenters. The average Bonchev–Trinajstić information content (AvgIpc) is 2.68. The molecule has 0 bridgehead atoms. The zero-order chi connectivity index (χ0) is 20.1. The number of ether oxygens (including phenoxy) is 4. The van der Waals surface area contributed by atoms with E-state index >= 15 is 0 Å². The molecule has 158 valence electrons. The van der Waals surface area contributed by atoms with E-state index in [9.17, 15) is 0 Å². The Bertz CT molecular complexity index is 325. The Morgan fingerprint density at radius 3 is 1.65 bits per heavy atom. The molecule has 8 heteroatoms. The van der Waals surface area contributed by atoms with Crippen molar-refractivity contribution in [2.75, 3.05) is 53.9 Å². The molecule has 0 rings (SSSR count). The predicted molar refractivity (Wildman–Crippen MR) is 113 cm³/mol. The van der Waals surface area contributed by atoms with Gasteiger partial charge in [-0.3, -0.25) is 4.84 Å². The lowest BCUT2D eigenvalue weighted by molar-refractivity contribution is -0.176. The van der Waals surface area contributed by atoms with Gasteiger partial charge in [0.2, 0.25) is 0 Å². The molecule has 0 N–H and O–H groups in total. The van der Waals surface area contributed by atoms with E-state index in [4.69, 9.17) is 23.8 Å². The lowest BCUT2D eigenvalue weighted by atomic mass is 10.2. The normalized spacial score (nSPS) is 15.1. The van der Waals surface area contributed by atoms with Gasteiger partial charge < -0.3 is 18.9 Å².